The predicted molar refractivity (Wildman–Crippen MR) is 69.8 cm³/mol. The van der Waals surface area contributed by atoms with Crippen LogP contribution in [0.3, 0.4) is 0 Å². The van der Waals surface area contributed by atoms with E-state index in [0.717, 1.165) is 31.4 Å². The Labute approximate surface area is 104 Å². The van der Waals surface area contributed by atoms with Crippen LogP contribution in [0.5, 0.6) is 0 Å². The Hall–Kier alpha value is -0.800. The third-order valence-electron chi connectivity index (χ3n) is 3.38. The first-order valence-corrected chi connectivity index (χ1v) is 6.72. The number of rotatable bonds is 7. The van der Waals surface area contributed by atoms with Gasteiger partial charge >= 0.3 is 0 Å². The molecule has 1 aromatic heterocycles. The van der Waals surface area contributed by atoms with Crippen molar-refractivity contribution in [2.45, 2.75) is 58.8 Å². The summed E-state index contributed by atoms with van der Waals surface area (Å²) in [6.45, 7) is 9.57. The van der Waals surface area contributed by atoms with Crippen molar-refractivity contribution in [1.29, 1.82) is 0 Å². The van der Waals surface area contributed by atoms with Crippen molar-refractivity contribution in [3.05, 3.63) is 23.7 Å². The summed E-state index contributed by atoms with van der Waals surface area (Å²) in [5, 5.41) is 3.50. The molecule has 0 saturated heterocycles. The standard InChI is InChI=1S/C14H24N2O/c1-4-16(11(2)3)9-14-7-12(10-17-14)8-15-13-5-6-13/h7,10-11,13,15H,4-6,8-9H2,1-3H3. The van der Waals surface area contributed by atoms with Gasteiger partial charge in [0.25, 0.3) is 0 Å². The maximum atomic E-state index is 5.62. The number of nitrogens with zero attached hydrogens (tertiary/aromatic N) is 1. The molecule has 96 valence electrons. The van der Waals surface area contributed by atoms with Gasteiger partial charge in [0.15, 0.2) is 0 Å². The number of hydrogen-bond acceptors (Lipinski definition) is 3. The normalized spacial score (nSPS) is 16.1. The van der Waals surface area contributed by atoms with E-state index < -0.39 is 0 Å². The maximum absolute atomic E-state index is 5.62. The summed E-state index contributed by atoms with van der Waals surface area (Å²) in [6.07, 6.45) is 4.56. The molecular formula is C14H24N2O. The lowest BCUT2D eigenvalue weighted by Gasteiger charge is -2.23. The van der Waals surface area contributed by atoms with Gasteiger partial charge in [0.05, 0.1) is 12.8 Å². The van der Waals surface area contributed by atoms with Gasteiger partial charge in [-0.15, -0.1) is 0 Å². The van der Waals surface area contributed by atoms with Crippen LogP contribution in [0, 0.1) is 0 Å². The molecule has 1 aromatic rings. The zero-order valence-electron chi connectivity index (χ0n) is 11.2. The number of hydrogen-bond donors (Lipinski definition) is 1. The molecule has 1 fully saturated rings. The van der Waals surface area contributed by atoms with Crippen molar-refractivity contribution < 1.29 is 4.42 Å². The second-order valence-corrected chi connectivity index (χ2v) is 5.23. The van der Waals surface area contributed by atoms with Crippen LogP contribution in [0.15, 0.2) is 16.7 Å². The van der Waals surface area contributed by atoms with Crippen LogP contribution in [0.4, 0.5) is 0 Å². The quantitative estimate of drug-likeness (QED) is 0.789. The minimum Gasteiger partial charge on any atom is -0.468 e. The van der Waals surface area contributed by atoms with Gasteiger partial charge in [0.1, 0.15) is 5.76 Å². The van der Waals surface area contributed by atoms with E-state index >= 15 is 0 Å². The highest BCUT2D eigenvalue weighted by Gasteiger charge is 2.20. The lowest BCUT2D eigenvalue weighted by molar-refractivity contribution is 0.207. The summed E-state index contributed by atoms with van der Waals surface area (Å²) in [5.41, 5.74) is 1.27. The topological polar surface area (TPSA) is 28.4 Å². The molecule has 1 heterocycles. The van der Waals surface area contributed by atoms with Gasteiger partial charge in [-0.2, -0.15) is 0 Å². The Bertz CT molecular complexity index is 342. The molecule has 0 amide bonds. The second-order valence-electron chi connectivity index (χ2n) is 5.23. The molecule has 17 heavy (non-hydrogen) atoms. The van der Waals surface area contributed by atoms with Crippen LogP contribution in [-0.2, 0) is 13.1 Å². The Balaban J connectivity index is 1.83. The first-order valence-electron chi connectivity index (χ1n) is 6.72. The minimum atomic E-state index is 0.568. The van der Waals surface area contributed by atoms with Gasteiger partial charge < -0.3 is 9.73 Å². The van der Waals surface area contributed by atoms with Crippen molar-refractivity contribution >= 4 is 0 Å². The summed E-state index contributed by atoms with van der Waals surface area (Å²) < 4.78 is 5.62. The molecule has 1 saturated carbocycles. The highest BCUT2D eigenvalue weighted by molar-refractivity contribution is 5.13. The Morgan fingerprint density at radius 3 is 2.82 bits per heavy atom. The van der Waals surface area contributed by atoms with Crippen LogP contribution in [0.25, 0.3) is 0 Å². The zero-order chi connectivity index (χ0) is 12.3. The molecule has 0 bridgehead atoms. The molecule has 2 rings (SSSR count). The van der Waals surface area contributed by atoms with Crippen LogP contribution in [-0.4, -0.2) is 23.5 Å². The fourth-order valence-electron chi connectivity index (χ4n) is 2.01. The molecule has 0 radical (unpaired) electrons. The SMILES string of the molecule is CCN(Cc1cc(CNC2CC2)co1)C(C)C. The molecule has 1 aliphatic carbocycles. The van der Waals surface area contributed by atoms with E-state index in [1.807, 2.05) is 6.26 Å². The maximum Gasteiger partial charge on any atom is 0.118 e. The summed E-state index contributed by atoms with van der Waals surface area (Å²) in [4.78, 5) is 2.40. The smallest absolute Gasteiger partial charge is 0.118 e. The van der Waals surface area contributed by atoms with E-state index in [-0.39, 0.29) is 0 Å². The molecule has 0 atom stereocenters. The van der Waals surface area contributed by atoms with Gasteiger partial charge in [-0.25, -0.2) is 0 Å². The van der Waals surface area contributed by atoms with E-state index in [1.165, 1.54) is 18.4 Å². The fourth-order valence-corrected chi connectivity index (χ4v) is 2.01. The van der Waals surface area contributed by atoms with Gasteiger partial charge in [0.2, 0.25) is 0 Å². The highest BCUT2D eigenvalue weighted by Crippen LogP contribution is 2.20. The molecular weight excluding hydrogens is 212 g/mol. The third kappa shape index (κ3) is 3.86. The molecule has 0 aromatic carbocycles. The van der Waals surface area contributed by atoms with Crippen LogP contribution in [0.2, 0.25) is 0 Å². The molecule has 0 aliphatic heterocycles. The van der Waals surface area contributed by atoms with Crippen molar-refractivity contribution in [3.63, 3.8) is 0 Å². The van der Waals surface area contributed by atoms with Crippen molar-refractivity contribution in [1.82, 2.24) is 10.2 Å². The van der Waals surface area contributed by atoms with Gasteiger partial charge in [-0.3, -0.25) is 4.90 Å². The Morgan fingerprint density at radius 1 is 1.47 bits per heavy atom. The van der Waals surface area contributed by atoms with Crippen molar-refractivity contribution in [2.75, 3.05) is 6.54 Å². The summed E-state index contributed by atoms with van der Waals surface area (Å²) in [5.74, 6) is 1.08. The monoisotopic (exact) mass is 236 g/mol. The largest absolute Gasteiger partial charge is 0.468 e. The highest BCUT2D eigenvalue weighted by atomic mass is 16.3. The van der Waals surface area contributed by atoms with Gasteiger partial charge in [-0.05, 0) is 39.3 Å². The second kappa shape index (κ2) is 5.69. The van der Waals surface area contributed by atoms with E-state index in [2.05, 4.69) is 37.1 Å². The van der Waals surface area contributed by atoms with E-state index in [0.29, 0.717) is 6.04 Å². The van der Waals surface area contributed by atoms with E-state index in [4.69, 9.17) is 4.42 Å². The average molecular weight is 236 g/mol. The van der Waals surface area contributed by atoms with Crippen molar-refractivity contribution in [2.24, 2.45) is 0 Å². The third-order valence-corrected chi connectivity index (χ3v) is 3.38. The molecule has 1 N–H and O–H groups in total. The molecule has 3 nitrogen and oxygen atoms in total. The fraction of sp³-hybridized carbons (Fsp3) is 0.714. The van der Waals surface area contributed by atoms with Crippen LogP contribution >= 0.6 is 0 Å². The van der Waals surface area contributed by atoms with E-state index in [1.54, 1.807) is 0 Å². The molecule has 3 heteroatoms. The predicted octanol–water partition coefficient (Wildman–Crippen LogP) is 2.76. The Kier molecular flexibility index (Phi) is 4.24. The lowest BCUT2D eigenvalue weighted by Crippen LogP contribution is -2.29. The number of nitrogens with one attached hydrogen (secondary N) is 1. The summed E-state index contributed by atoms with van der Waals surface area (Å²) in [6, 6.07) is 3.51. The summed E-state index contributed by atoms with van der Waals surface area (Å²) in [7, 11) is 0. The summed E-state index contributed by atoms with van der Waals surface area (Å²) >= 11 is 0. The number of furan rings is 1. The zero-order valence-corrected chi connectivity index (χ0v) is 11.2. The van der Waals surface area contributed by atoms with Gasteiger partial charge in [-0.1, -0.05) is 6.92 Å². The van der Waals surface area contributed by atoms with Crippen LogP contribution < -0.4 is 5.32 Å². The Morgan fingerprint density at radius 2 is 2.24 bits per heavy atom. The average Bonchev–Trinajstić information content (AvgIpc) is 3.03. The van der Waals surface area contributed by atoms with Crippen molar-refractivity contribution in [3.8, 4) is 0 Å². The molecule has 1 aliphatic rings. The minimum absolute atomic E-state index is 0.568. The molecule has 0 unspecified atom stereocenters. The van der Waals surface area contributed by atoms with Gasteiger partial charge in [0, 0.05) is 24.2 Å². The van der Waals surface area contributed by atoms with E-state index in [9.17, 15) is 0 Å². The first-order chi connectivity index (χ1) is 8.19. The lowest BCUT2D eigenvalue weighted by atomic mass is 10.2. The van der Waals surface area contributed by atoms with Crippen LogP contribution in [0.1, 0.15) is 44.9 Å². The first kappa shape index (κ1) is 12.7. The molecule has 0 spiro atoms.